The Morgan fingerprint density at radius 1 is 1.17 bits per heavy atom. The van der Waals surface area contributed by atoms with Gasteiger partial charge in [0.2, 0.25) is 10.0 Å². The SMILES string of the molecule is CC(C)(CCCCCl)CN(C[C@@H](O)[C@H](Cc1ccccc1)NC(=O)O[C@H]1CCOC1)S(=O)(=O)c1ccc(O)c(O)c1. The average molecular weight is 613 g/mol. The molecule has 1 aliphatic rings. The van der Waals surface area contributed by atoms with E-state index < -0.39 is 51.3 Å². The molecule has 2 aromatic rings. The number of hydrogen-bond acceptors (Lipinski definition) is 8. The molecule has 12 heteroatoms. The summed E-state index contributed by atoms with van der Waals surface area (Å²) in [5.74, 6) is -0.523. The van der Waals surface area contributed by atoms with E-state index in [-0.39, 0.29) is 24.4 Å². The molecule has 0 aliphatic carbocycles. The second kappa shape index (κ2) is 15.1. The highest BCUT2D eigenvalue weighted by molar-refractivity contribution is 7.89. The molecule has 1 fully saturated rings. The fraction of sp³-hybridized carbons (Fsp3) is 0.552. The van der Waals surface area contributed by atoms with Crippen molar-refractivity contribution in [3.05, 3.63) is 54.1 Å². The van der Waals surface area contributed by atoms with Crippen molar-refractivity contribution in [3.8, 4) is 11.5 Å². The Morgan fingerprint density at radius 3 is 2.54 bits per heavy atom. The van der Waals surface area contributed by atoms with Gasteiger partial charge < -0.3 is 30.1 Å². The molecule has 4 N–H and O–H groups in total. The van der Waals surface area contributed by atoms with E-state index in [0.717, 1.165) is 30.5 Å². The van der Waals surface area contributed by atoms with Crippen LogP contribution in [0.5, 0.6) is 11.5 Å². The lowest BCUT2D eigenvalue weighted by atomic mass is 9.87. The largest absolute Gasteiger partial charge is 0.504 e. The molecule has 0 bridgehead atoms. The van der Waals surface area contributed by atoms with E-state index in [2.05, 4.69) is 5.32 Å². The first-order valence-corrected chi connectivity index (χ1v) is 15.7. The predicted molar refractivity (Wildman–Crippen MR) is 156 cm³/mol. The number of ether oxygens (including phenoxy) is 2. The summed E-state index contributed by atoms with van der Waals surface area (Å²) in [6.45, 7) is 4.37. The van der Waals surface area contributed by atoms with Gasteiger partial charge in [0.1, 0.15) is 6.10 Å². The van der Waals surface area contributed by atoms with Crippen LogP contribution in [0.4, 0.5) is 4.79 Å². The second-order valence-electron chi connectivity index (χ2n) is 11.2. The third-order valence-electron chi connectivity index (χ3n) is 7.04. The molecular weight excluding hydrogens is 572 g/mol. The number of benzene rings is 2. The number of aliphatic hydroxyl groups is 1. The van der Waals surface area contributed by atoms with Crippen LogP contribution in [0.15, 0.2) is 53.4 Å². The summed E-state index contributed by atoms with van der Waals surface area (Å²) in [7, 11) is -4.24. The molecule has 228 valence electrons. The van der Waals surface area contributed by atoms with Crippen molar-refractivity contribution in [2.75, 3.05) is 32.2 Å². The van der Waals surface area contributed by atoms with Crippen LogP contribution in [-0.4, -0.2) is 84.6 Å². The molecular formula is C29H41ClN2O8S. The van der Waals surface area contributed by atoms with E-state index in [4.69, 9.17) is 21.1 Å². The summed E-state index contributed by atoms with van der Waals surface area (Å²) < 4.78 is 39.6. The third kappa shape index (κ3) is 10.0. The Hall–Kier alpha value is -2.57. The van der Waals surface area contributed by atoms with Crippen LogP contribution in [0.3, 0.4) is 0 Å². The number of aliphatic hydroxyl groups excluding tert-OH is 1. The number of aromatic hydroxyl groups is 2. The normalized spacial score (nSPS) is 17.3. The van der Waals surface area contributed by atoms with Crippen molar-refractivity contribution in [1.82, 2.24) is 9.62 Å². The zero-order chi connectivity index (χ0) is 30.0. The summed E-state index contributed by atoms with van der Waals surface area (Å²) in [5.41, 5.74) is 0.349. The molecule has 0 aromatic heterocycles. The fourth-order valence-corrected chi connectivity index (χ4v) is 6.60. The molecule has 3 rings (SSSR count). The Labute approximate surface area is 247 Å². The van der Waals surface area contributed by atoms with Gasteiger partial charge in [-0.1, -0.05) is 50.6 Å². The molecule has 2 aromatic carbocycles. The fourth-order valence-electron chi connectivity index (χ4n) is 4.74. The monoisotopic (exact) mass is 612 g/mol. The predicted octanol–water partition coefficient (Wildman–Crippen LogP) is 4.01. The van der Waals surface area contributed by atoms with Gasteiger partial charge in [-0.2, -0.15) is 4.31 Å². The first kappa shape index (κ1) is 32.9. The highest BCUT2D eigenvalue weighted by Gasteiger charge is 2.35. The van der Waals surface area contributed by atoms with E-state index >= 15 is 0 Å². The Kier molecular flexibility index (Phi) is 12.1. The van der Waals surface area contributed by atoms with Gasteiger partial charge in [0, 0.05) is 31.5 Å². The van der Waals surface area contributed by atoms with Crippen LogP contribution in [0.1, 0.15) is 45.1 Å². The number of unbranched alkanes of at least 4 members (excludes halogenated alkanes) is 1. The highest BCUT2D eigenvalue weighted by Crippen LogP contribution is 2.32. The van der Waals surface area contributed by atoms with E-state index in [0.29, 0.717) is 31.9 Å². The minimum Gasteiger partial charge on any atom is -0.504 e. The molecule has 3 atom stereocenters. The van der Waals surface area contributed by atoms with Crippen molar-refractivity contribution in [2.45, 2.75) is 69.1 Å². The van der Waals surface area contributed by atoms with Crippen molar-refractivity contribution >= 4 is 27.7 Å². The number of carbonyl (C=O) groups excluding carboxylic acids is 1. The Bertz CT molecular complexity index is 1220. The van der Waals surface area contributed by atoms with Crippen molar-refractivity contribution in [1.29, 1.82) is 0 Å². The number of phenols is 2. The molecule has 0 unspecified atom stereocenters. The first-order chi connectivity index (χ1) is 19.4. The summed E-state index contributed by atoms with van der Waals surface area (Å²) in [6.07, 6.45) is 0.628. The van der Waals surface area contributed by atoms with Gasteiger partial charge in [0.25, 0.3) is 0 Å². The lowest BCUT2D eigenvalue weighted by Crippen LogP contribution is -2.52. The number of amides is 1. The number of nitrogens with zero attached hydrogens (tertiary/aromatic N) is 1. The van der Waals surface area contributed by atoms with Crippen molar-refractivity contribution < 1.29 is 38.0 Å². The zero-order valence-electron chi connectivity index (χ0n) is 23.5. The number of alkyl halides is 1. The first-order valence-electron chi connectivity index (χ1n) is 13.8. The number of nitrogens with one attached hydrogen (secondary N) is 1. The number of alkyl carbamates (subject to hydrolysis) is 1. The van der Waals surface area contributed by atoms with E-state index in [9.17, 15) is 28.5 Å². The van der Waals surface area contributed by atoms with Crippen LogP contribution in [0.25, 0.3) is 0 Å². The standard InChI is InChI=1S/C29H41ClN2O8S/c1-29(2,13-6-7-14-30)20-32(41(37,38)23-10-11-25(33)26(34)17-23)18-27(35)24(16-21-8-4-3-5-9-21)31-28(36)40-22-12-15-39-19-22/h3-5,8-11,17,22,24,27,33-35H,6-7,12-16,18-20H2,1-2H3,(H,31,36)/t22-,24-,27+/m0/s1. The van der Waals surface area contributed by atoms with Gasteiger partial charge in [0.05, 0.1) is 30.3 Å². The minimum absolute atomic E-state index is 0.0538. The molecule has 1 amide bonds. The average Bonchev–Trinajstić information content (AvgIpc) is 3.42. The maximum absolute atomic E-state index is 13.8. The van der Waals surface area contributed by atoms with Gasteiger partial charge in [-0.25, -0.2) is 13.2 Å². The van der Waals surface area contributed by atoms with E-state index in [1.165, 1.54) is 10.4 Å². The molecule has 41 heavy (non-hydrogen) atoms. The molecule has 1 aliphatic heterocycles. The number of rotatable bonds is 15. The topological polar surface area (TPSA) is 146 Å². The molecule has 0 spiro atoms. The van der Waals surface area contributed by atoms with Gasteiger partial charge in [-0.15, -0.1) is 11.6 Å². The van der Waals surface area contributed by atoms with Gasteiger partial charge in [-0.3, -0.25) is 0 Å². The smallest absolute Gasteiger partial charge is 0.407 e. The summed E-state index contributed by atoms with van der Waals surface area (Å²) in [4.78, 5) is 12.5. The lowest BCUT2D eigenvalue weighted by Gasteiger charge is -2.35. The Morgan fingerprint density at radius 2 is 1.90 bits per heavy atom. The highest BCUT2D eigenvalue weighted by atomic mass is 35.5. The number of carbonyl (C=O) groups is 1. The number of phenolic OH excluding ortho intramolecular Hbond substituents is 2. The quantitative estimate of drug-likeness (QED) is 0.134. The van der Waals surface area contributed by atoms with Crippen LogP contribution >= 0.6 is 11.6 Å². The van der Waals surface area contributed by atoms with Gasteiger partial charge >= 0.3 is 6.09 Å². The molecule has 0 radical (unpaired) electrons. The van der Waals surface area contributed by atoms with Gasteiger partial charge in [-0.05, 0) is 42.4 Å². The second-order valence-corrected chi connectivity index (χ2v) is 13.5. The molecule has 0 saturated carbocycles. The lowest BCUT2D eigenvalue weighted by molar-refractivity contribution is 0.0624. The third-order valence-corrected chi connectivity index (χ3v) is 9.12. The summed E-state index contributed by atoms with van der Waals surface area (Å²) in [6, 6.07) is 11.6. The van der Waals surface area contributed by atoms with Gasteiger partial charge in [0.15, 0.2) is 11.5 Å². The maximum atomic E-state index is 13.8. The van der Waals surface area contributed by atoms with E-state index in [1.807, 2.05) is 44.2 Å². The number of halogens is 1. The zero-order valence-corrected chi connectivity index (χ0v) is 25.1. The van der Waals surface area contributed by atoms with Crippen molar-refractivity contribution in [2.24, 2.45) is 5.41 Å². The molecule has 1 saturated heterocycles. The van der Waals surface area contributed by atoms with Crippen LogP contribution in [0.2, 0.25) is 0 Å². The number of hydrogen-bond donors (Lipinski definition) is 4. The summed E-state index contributed by atoms with van der Waals surface area (Å²) >= 11 is 5.85. The van der Waals surface area contributed by atoms with Crippen LogP contribution < -0.4 is 5.32 Å². The summed E-state index contributed by atoms with van der Waals surface area (Å²) in [5, 5.41) is 33.9. The molecule has 1 heterocycles. The molecule has 10 nitrogen and oxygen atoms in total. The Balaban J connectivity index is 1.88. The maximum Gasteiger partial charge on any atom is 0.407 e. The van der Waals surface area contributed by atoms with Crippen LogP contribution in [-0.2, 0) is 25.9 Å². The van der Waals surface area contributed by atoms with Crippen molar-refractivity contribution in [3.63, 3.8) is 0 Å². The number of sulfonamides is 1. The minimum atomic E-state index is -4.24. The van der Waals surface area contributed by atoms with E-state index in [1.54, 1.807) is 0 Å². The van der Waals surface area contributed by atoms with Crippen LogP contribution in [0, 0.1) is 5.41 Å².